The summed E-state index contributed by atoms with van der Waals surface area (Å²) in [5, 5.41) is 2.86. The smallest absolute Gasteiger partial charge is 0.318 e. The Labute approximate surface area is 197 Å². The number of aromatic nitrogens is 3. The van der Waals surface area contributed by atoms with Crippen LogP contribution < -0.4 is 15.2 Å². The summed E-state index contributed by atoms with van der Waals surface area (Å²) < 4.78 is 19.6. The first kappa shape index (κ1) is 22.3. The van der Waals surface area contributed by atoms with E-state index in [0.717, 1.165) is 73.1 Å². The SMILES string of the molecule is Cc1nc(OCCCCN2CCN(c3cccc4ccc(F)cc34)CC2)nc2[nH]c(=O)ccc12. The van der Waals surface area contributed by atoms with Gasteiger partial charge in [-0.2, -0.15) is 9.97 Å². The third kappa shape index (κ3) is 4.87. The molecule has 0 amide bonds. The quantitative estimate of drug-likeness (QED) is 0.421. The Morgan fingerprint density at radius 3 is 2.71 bits per heavy atom. The molecule has 5 rings (SSSR count). The maximum absolute atomic E-state index is 13.8. The zero-order valence-corrected chi connectivity index (χ0v) is 19.3. The standard InChI is InChI=1S/C26H28FN5O2/c1-18-21-9-10-24(33)29-25(21)30-26(28-18)34-16-3-2-11-31-12-14-32(15-13-31)23-6-4-5-19-7-8-20(27)17-22(19)23/h4-10,17H,2-3,11-16H2,1H3,(H,28,29,30,33). The predicted octanol–water partition coefficient (Wildman–Crippen LogP) is 3.90. The number of pyridine rings is 1. The van der Waals surface area contributed by atoms with E-state index in [2.05, 4.69) is 30.8 Å². The lowest BCUT2D eigenvalue weighted by Crippen LogP contribution is -2.46. The van der Waals surface area contributed by atoms with E-state index in [1.807, 2.05) is 25.1 Å². The van der Waals surface area contributed by atoms with Crippen LogP contribution in [0.5, 0.6) is 6.01 Å². The van der Waals surface area contributed by atoms with E-state index in [0.29, 0.717) is 18.3 Å². The number of ether oxygens (including phenoxy) is 1. The van der Waals surface area contributed by atoms with Gasteiger partial charge in [0.1, 0.15) is 11.5 Å². The molecule has 1 aliphatic heterocycles. The number of fused-ring (bicyclic) bond motifs is 2. The van der Waals surface area contributed by atoms with Gasteiger partial charge in [-0.15, -0.1) is 0 Å². The Morgan fingerprint density at radius 1 is 1.00 bits per heavy atom. The highest BCUT2D eigenvalue weighted by atomic mass is 19.1. The monoisotopic (exact) mass is 461 g/mol. The average Bonchev–Trinajstić information content (AvgIpc) is 2.83. The highest BCUT2D eigenvalue weighted by molar-refractivity contribution is 5.94. The molecule has 0 radical (unpaired) electrons. The van der Waals surface area contributed by atoms with Crippen molar-refractivity contribution in [2.24, 2.45) is 0 Å². The minimum absolute atomic E-state index is 0.190. The fraction of sp³-hybridized carbons (Fsp3) is 0.346. The molecule has 1 saturated heterocycles. The second kappa shape index (κ2) is 9.77. The summed E-state index contributed by atoms with van der Waals surface area (Å²) in [5.74, 6) is -0.196. The van der Waals surface area contributed by atoms with Crippen LogP contribution in [0.1, 0.15) is 18.5 Å². The summed E-state index contributed by atoms with van der Waals surface area (Å²) in [4.78, 5) is 27.8. The number of piperazine rings is 1. The molecule has 0 spiro atoms. The van der Waals surface area contributed by atoms with Crippen LogP contribution in [-0.2, 0) is 0 Å². The van der Waals surface area contributed by atoms with Crippen LogP contribution in [0, 0.1) is 12.7 Å². The molecule has 7 nitrogen and oxygen atoms in total. The van der Waals surface area contributed by atoms with Crippen LogP contribution in [0.25, 0.3) is 21.8 Å². The van der Waals surface area contributed by atoms with E-state index in [-0.39, 0.29) is 11.4 Å². The van der Waals surface area contributed by atoms with Crippen LogP contribution in [0.2, 0.25) is 0 Å². The highest BCUT2D eigenvalue weighted by Crippen LogP contribution is 2.28. The normalized spacial score (nSPS) is 14.7. The topological polar surface area (TPSA) is 74.3 Å². The van der Waals surface area contributed by atoms with Crippen molar-refractivity contribution in [1.29, 1.82) is 0 Å². The van der Waals surface area contributed by atoms with Crippen LogP contribution in [0.4, 0.5) is 10.1 Å². The van der Waals surface area contributed by atoms with Crippen molar-refractivity contribution in [2.45, 2.75) is 19.8 Å². The van der Waals surface area contributed by atoms with Gasteiger partial charge in [-0.1, -0.05) is 18.2 Å². The fourth-order valence-electron chi connectivity index (χ4n) is 4.55. The lowest BCUT2D eigenvalue weighted by atomic mass is 10.1. The summed E-state index contributed by atoms with van der Waals surface area (Å²) in [7, 11) is 0. The third-order valence-electron chi connectivity index (χ3n) is 6.39. The molecule has 0 unspecified atom stereocenters. The van der Waals surface area contributed by atoms with Crippen LogP contribution in [-0.4, -0.2) is 59.2 Å². The summed E-state index contributed by atoms with van der Waals surface area (Å²) in [6.07, 6.45) is 1.91. The van der Waals surface area contributed by atoms with Gasteiger partial charge in [0.2, 0.25) is 5.56 Å². The van der Waals surface area contributed by atoms with Gasteiger partial charge >= 0.3 is 6.01 Å². The van der Waals surface area contributed by atoms with Crippen LogP contribution in [0.15, 0.2) is 53.3 Å². The minimum Gasteiger partial charge on any atom is -0.463 e. The van der Waals surface area contributed by atoms with Crippen molar-refractivity contribution in [3.8, 4) is 6.01 Å². The Bertz CT molecular complexity index is 1360. The number of unbranched alkanes of at least 4 members (excludes halogenated alkanes) is 1. The molecule has 0 aliphatic carbocycles. The van der Waals surface area contributed by atoms with Gasteiger partial charge in [-0.3, -0.25) is 9.69 Å². The first-order valence-electron chi connectivity index (χ1n) is 11.7. The fourth-order valence-corrected chi connectivity index (χ4v) is 4.55. The zero-order chi connectivity index (χ0) is 23.5. The van der Waals surface area contributed by atoms with Gasteiger partial charge in [-0.05, 0) is 56.0 Å². The lowest BCUT2D eigenvalue weighted by molar-refractivity contribution is 0.234. The van der Waals surface area contributed by atoms with E-state index in [1.165, 1.54) is 12.1 Å². The number of benzene rings is 2. The number of aromatic amines is 1. The van der Waals surface area contributed by atoms with Gasteiger partial charge in [0.15, 0.2) is 0 Å². The Hall–Kier alpha value is -3.52. The first-order chi connectivity index (χ1) is 16.6. The molecular formula is C26H28FN5O2. The Balaban J connectivity index is 1.09. The van der Waals surface area contributed by atoms with Crippen molar-refractivity contribution in [3.63, 3.8) is 0 Å². The molecular weight excluding hydrogens is 433 g/mol. The zero-order valence-electron chi connectivity index (χ0n) is 19.3. The molecule has 2 aromatic heterocycles. The van der Waals surface area contributed by atoms with Crippen LogP contribution >= 0.6 is 0 Å². The number of rotatable bonds is 7. The summed E-state index contributed by atoms with van der Waals surface area (Å²) >= 11 is 0. The number of hydrogen-bond donors (Lipinski definition) is 1. The second-order valence-electron chi connectivity index (χ2n) is 8.70. The molecule has 0 atom stereocenters. The molecule has 34 heavy (non-hydrogen) atoms. The van der Waals surface area contributed by atoms with Crippen molar-refractivity contribution in [1.82, 2.24) is 19.9 Å². The maximum atomic E-state index is 13.8. The molecule has 176 valence electrons. The number of anilines is 1. The molecule has 3 heterocycles. The highest BCUT2D eigenvalue weighted by Gasteiger charge is 2.18. The summed E-state index contributed by atoms with van der Waals surface area (Å²) in [6, 6.07) is 14.6. The number of hydrogen-bond acceptors (Lipinski definition) is 6. The number of nitrogens with one attached hydrogen (secondary N) is 1. The van der Waals surface area contributed by atoms with Crippen molar-refractivity contribution >= 4 is 27.5 Å². The van der Waals surface area contributed by atoms with Gasteiger partial charge in [0.05, 0.1) is 12.3 Å². The summed E-state index contributed by atoms with van der Waals surface area (Å²) in [5.41, 5.74) is 2.20. The molecule has 2 aromatic carbocycles. The van der Waals surface area contributed by atoms with Crippen molar-refractivity contribution < 1.29 is 9.13 Å². The van der Waals surface area contributed by atoms with Crippen molar-refractivity contribution in [3.05, 3.63) is 70.4 Å². The number of H-pyrrole nitrogens is 1. The molecule has 8 heteroatoms. The van der Waals surface area contributed by atoms with Gasteiger partial charge in [0, 0.05) is 48.7 Å². The van der Waals surface area contributed by atoms with Crippen molar-refractivity contribution in [2.75, 3.05) is 44.2 Å². The van der Waals surface area contributed by atoms with E-state index in [9.17, 15) is 9.18 Å². The first-order valence-corrected chi connectivity index (χ1v) is 11.7. The van der Waals surface area contributed by atoms with E-state index in [4.69, 9.17) is 4.74 Å². The minimum atomic E-state index is -0.196. The molecule has 1 aliphatic rings. The van der Waals surface area contributed by atoms with Gasteiger partial charge < -0.3 is 14.6 Å². The number of nitrogens with zero attached hydrogens (tertiary/aromatic N) is 4. The largest absolute Gasteiger partial charge is 0.463 e. The average molecular weight is 462 g/mol. The molecule has 1 N–H and O–H groups in total. The van der Waals surface area contributed by atoms with Gasteiger partial charge in [0.25, 0.3) is 0 Å². The summed E-state index contributed by atoms with van der Waals surface area (Å²) in [6.45, 7) is 7.22. The third-order valence-corrected chi connectivity index (χ3v) is 6.39. The molecule has 0 bridgehead atoms. The molecule has 1 fully saturated rings. The number of aryl methyl sites for hydroxylation is 1. The van der Waals surface area contributed by atoms with E-state index < -0.39 is 0 Å². The van der Waals surface area contributed by atoms with E-state index in [1.54, 1.807) is 12.1 Å². The Morgan fingerprint density at radius 2 is 1.85 bits per heavy atom. The lowest BCUT2D eigenvalue weighted by Gasteiger charge is -2.36. The van der Waals surface area contributed by atoms with E-state index >= 15 is 0 Å². The molecule has 4 aromatic rings. The number of halogens is 1. The maximum Gasteiger partial charge on any atom is 0.318 e. The Kier molecular flexibility index (Phi) is 6.40. The van der Waals surface area contributed by atoms with Gasteiger partial charge in [-0.25, -0.2) is 4.39 Å². The predicted molar refractivity (Wildman–Crippen MR) is 132 cm³/mol. The second-order valence-corrected chi connectivity index (χ2v) is 8.70. The van der Waals surface area contributed by atoms with Crippen LogP contribution in [0.3, 0.4) is 0 Å². The molecule has 0 saturated carbocycles.